The van der Waals surface area contributed by atoms with Gasteiger partial charge in [0.25, 0.3) is 0 Å². The number of anilines is 1. The topological polar surface area (TPSA) is 104 Å². The van der Waals surface area contributed by atoms with E-state index < -0.39 is 19.9 Å². The molecule has 1 aromatic rings. The molecule has 0 saturated heterocycles. The Bertz CT molecular complexity index is 742. The predicted molar refractivity (Wildman–Crippen MR) is 80.7 cm³/mol. The summed E-state index contributed by atoms with van der Waals surface area (Å²) in [6, 6.07) is 6.92. The van der Waals surface area contributed by atoms with Gasteiger partial charge in [0.1, 0.15) is 0 Å². The van der Waals surface area contributed by atoms with Crippen molar-refractivity contribution in [2.45, 2.75) is 24.7 Å². The molecule has 1 N–H and O–H groups in total. The summed E-state index contributed by atoms with van der Waals surface area (Å²) in [6.45, 7) is 1.89. The van der Waals surface area contributed by atoms with E-state index in [0.29, 0.717) is 12.1 Å². The van der Waals surface area contributed by atoms with E-state index in [1.165, 1.54) is 24.3 Å². The molecule has 0 aliphatic rings. The van der Waals surface area contributed by atoms with Crippen LogP contribution in [0.15, 0.2) is 40.6 Å². The summed E-state index contributed by atoms with van der Waals surface area (Å²) < 4.78 is 49.3. The third-order valence-corrected chi connectivity index (χ3v) is 5.34. The van der Waals surface area contributed by atoms with Gasteiger partial charge in [-0.1, -0.05) is 13.3 Å². The van der Waals surface area contributed by atoms with Gasteiger partial charge in [0.15, 0.2) is 0 Å². The smallest absolute Gasteiger partial charge is 0.232 e. The zero-order valence-electron chi connectivity index (χ0n) is 11.5. The second-order valence-corrected chi connectivity index (χ2v) is 7.95. The van der Waals surface area contributed by atoms with Crippen LogP contribution >= 0.6 is 0 Å². The summed E-state index contributed by atoms with van der Waals surface area (Å²) in [5.41, 5.74) is 0.300. The monoisotopic (exact) mass is 328 g/mol. The van der Waals surface area contributed by atoms with Crippen LogP contribution in [0, 0.1) is 11.3 Å². The maximum Gasteiger partial charge on any atom is 0.232 e. The number of nitrogens with zero attached hydrogens (tertiary/aromatic N) is 1. The highest BCUT2D eigenvalue weighted by Crippen LogP contribution is 2.17. The number of benzene rings is 1. The average Bonchev–Trinajstić information content (AvgIpc) is 2.43. The Balaban J connectivity index is 2.89. The molecule has 0 aromatic heterocycles. The summed E-state index contributed by atoms with van der Waals surface area (Å²) in [5, 5.41) is 9.14. The minimum absolute atomic E-state index is 0.00879. The quantitative estimate of drug-likeness (QED) is 0.771. The zero-order valence-corrected chi connectivity index (χ0v) is 13.1. The molecule has 0 fully saturated rings. The fraction of sp³-hybridized carbons (Fsp3) is 0.308. The Hall–Kier alpha value is -1.85. The van der Waals surface area contributed by atoms with Crippen LogP contribution in [0.4, 0.5) is 5.69 Å². The van der Waals surface area contributed by atoms with E-state index in [2.05, 4.69) is 4.72 Å². The lowest BCUT2D eigenvalue weighted by Crippen LogP contribution is -2.16. The van der Waals surface area contributed by atoms with Gasteiger partial charge in [-0.25, -0.2) is 16.8 Å². The average molecular weight is 328 g/mol. The Labute approximate surface area is 125 Å². The second-order valence-electron chi connectivity index (χ2n) is 4.28. The minimum atomic E-state index is -3.68. The first-order valence-electron chi connectivity index (χ1n) is 6.22. The van der Waals surface area contributed by atoms with E-state index in [0.717, 1.165) is 17.9 Å². The fourth-order valence-corrected chi connectivity index (χ4v) is 3.65. The van der Waals surface area contributed by atoms with Crippen molar-refractivity contribution in [3.8, 4) is 6.07 Å². The van der Waals surface area contributed by atoms with E-state index in [-0.39, 0.29) is 10.6 Å². The molecule has 0 amide bonds. The molecule has 0 spiro atoms. The number of hydrogen-bond donors (Lipinski definition) is 1. The van der Waals surface area contributed by atoms with E-state index in [1.807, 2.05) is 6.92 Å². The molecule has 1 aromatic carbocycles. The van der Waals surface area contributed by atoms with Crippen LogP contribution in [-0.2, 0) is 19.9 Å². The summed E-state index contributed by atoms with van der Waals surface area (Å²) >= 11 is 0. The largest absolute Gasteiger partial charge is 0.284 e. The first-order valence-corrected chi connectivity index (χ1v) is 9.42. The maximum absolute atomic E-state index is 11.8. The van der Waals surface area contributed by atoms with Gasteiger partial charge in [0.05, 0.1) is 16.7 Å². The highest BCUT2D eigenvalue weighted by atomic mass is 32.2. The number of sulfone groups is 1. The SMILES string of the molecule is CCCCS(=O)(=O)Nc1ccc(S(=O)(=O)C=CC#N)cc1. The highest BCUT2D eigenvalue weighted by Gasteiger charge is 2.12. The number of unbranched alkanes of at least 4 members (excludes halogenated alkanes) is 1. The number of nitriles is 1. The lowest BCUT2D eigenvalue weighted by atomic mass is 10.3. The van der Waals surface area contributed by atoms with Crippen molar-refractivity contribution in [1.29, 1.82) is 5.26 Å². The molecule has 6 nitrogen and oxygen atoms in total. The molecule has 0 radical (unpaired) electrons. The normalized spacial score (nSPS) is 12.2. The zero-order chi connectivity index (χ0) is 15.9. The first-order chi connectivity index (χ1) is 9.80. The van der Waals surface area contributed by atoms with Crippen LogP contribution in [0.1, 0.15) is 19.8 Å². The summed E-state index contributed by atoms with van der Waals surface area (Å²) in [6.07, 6.45) is 2.20. The van der Waals surface area contributed by atoms with Crippen LogP contribution in [0.25, 0.3) is 0 Å². The van der Waals surface area contributed by atoms with Gasteiger partial charge in [-0.05, 0) is 30.7 Å². The summed E-state index contributed by atoms with van der Waals surface area (Å²) in [5.74, 6) is 0.0223. The molecular formula is C13H16N2O4S2. The Morgan fingerprint density at radius 2 is 1.81 bits per heavy atom. The first kappa shape index (κ1) is 17.2. The van der Waals surface area contributed by atoms with Gasteiger partial charge in [0, 0.05) is 17.2 Å². The number of nitrogens with one attached hydrogen (secondary N) is 1. The standard InChI is InChI=1S/C13H16N2O4S2/c1-2-3-11-21(18,19)15-12-5-7-13(8-6-12)20(16,17)10-4-9-14/h4-8,10,15H,2-3,11H2,1H3. The lowest BCUT2D eigenvalue weighted by molar-refractivity contribution is 0.597. The highest BCUT2D eigenvalue weighted by molar-refractivity contribution is 7.94. The molecule has 0 heterocycles. The molecular weight excluding hydrogens is 312 g/mol. The van der Waals surface area contributed by atoms with Gasteiger partial charge >= 0.3 is 0 Å². The molecule has 8 heteroatoms. The van der Waals surface area contributed by atoms with Gasteiger partial charge < -0.3 is 0 Å². The van der Waals surface area contributed by atoms with Gasteiger partial charge in [-0.2, -0.15) is 5.26 Å². The molecule has 0 atom stereocenters. The molecule has 0 saturated carbocycles. The van der Waals surface area contributed by atoms with Gasteiger partial charge in [0.2, 0.25) is 19.9 Å². The van der Waals surface area contributed by atoms with E-state index in [1.54, 1.807) is 6.07 Å². The third-order valence-electron chi connectivity index (χ3n) is 2.54. The number of sulfonamides is 1. The molecule has 0 unspecified atom stereocenters. The van der Waals surface area contributed by atoms with Gasteiger partial charge in [-0.15, -0.1) is 0 Å². The van der Waals surface area contributed by atoms with Crippen molar-refractivity contribution < 1.29 is 16.8 Å². The van der Waals surface area contributed by atoms with Crippen molar-refractivity contribution in [2.24, 2.45) is 0 Å². The second kappa shape index (κ2) is 7.24. The molecule has 0 aliphatic carbocycles. The van der Waals surface area contributed by atoms with E-state index in [9.17, 15) is 16.8 Å². The maximum atomic E-state index is 11.8. The molecule has 0 bridgehead atoms. The van der Waals surface area contributed by atoms with Crippen molar-refractivity contribution in [1.82, 2.24) is 0 Å². The molecule has 114 valence electrons. The van der Waals surface area contributed by atoms with Crippen LogP contribution in [0.5, 0.6) is 0 Å². The van der Waals surface area contributed by atoms with Crippen LogP contribution in [0.2, 0.25) is 0 Å². The number of allylic oxidation sites excluding steroid dienone is 1. The van der Waals surface area contributed by atoms with E-state index >= 15 is 0 Å². The molecule has 21 heavy (non-hydrogen) atoms. The van der Waals surface area contributed by atoms with Gasteiger partial charge in [-0.3, -0.25) is 4.72 Å². The molecule has 1 rings (SSSR count). The third kappa shape index (κ3) is 5.57. The van der Waals surface area contributed by atoms with Crippen molar-refractivity contribution >= 4 is 25.5 Å². The van der Waals surface area contributed by atoms with Crippen LogP contribution in [0.3, 0.4) is 0 Å². The molecule has 0 aliphatic heterocycles. The summed E-state index contributed by atoms with van der Waals surface area (Å²) in [4.78, 5) is -0.00879. The van der Waals surface area contributed by atoms with E-state index in [4.69, 9.17) is 5.26 Å². The van der Waals surface area contributed by atoms with Crippen LogP contribution < -0.4 is 4.72 Å². The fourth-order valence-electron chi connectivity index (χ4n) is 1.48. The van der Waals surface area contributed by atoms with Crippen molar-refractivity contribution in [3.05, 3.63) is 35.7 Å². The minimum Gasteiger partial charge on any atom is -0.284 e. The number of rotatable bonds is 7. The predicted octanol–water partition coefficient (Wildman–Crippen LogP) is 2.04. The van der Waals surface area contributed by atoms with Crippen molar-refractivity contribution in [3.63, 3.8) is 0 Å². The lowest BCUT2D eigenvalue weighted by Gasteiger charge is -2.08. The number of hydrogen-bond acceptors (Lipinski definition) is 5. The summed E-state index contributed by atoms with van der Waals surface area (Å²) in [7, 11) is -7.09. The van der Waals surface area contributed by atoms with Crippen LogP contribution in [-0.4, -0.2) is 22.6 Å². The Kier molecular flexibility index (Phi) is 5.93. The Morgan fingerprint density at radius 1 is 1.19 bits per heavy atom. The van der Waals surface area contributed by atoms with Crippen molar-refractivity contribution in [2.75, 3.05) is 10.5 Å². The Morgan fingerprint density at radius 3 is 2.33 bits per heavy atom.